The van der Waals surface area contributed by atoms with Gasteiger partial charge in [0.25, 0.3) is 0 Å². The molecule has 7 heteroatoms. The van der Waals surface area contributed by atoms with Crippen molar-refractivity contribution in [3.8, 4) is 11.1 Å². The van der Waals surface area contributed by atoms with E-state index in [9.17, 15) is 4.39 Å². The fraction of sp³-hybridized carbons (Fsp3) is 0.182. The van der Waals surface area contributed by atoms with E-state index in [4.69, 9.17) is 0 Å². The first-order chi connectivity index (χ1) is 14.0. The Bertz CT molecular complexity index is 1150. The average molecular weight is 406 g/mol. The molecular weight excluding hydrogens is 385 g/mol. The number of hydrogen-bond acceptors (Lipinski definition) is 6. The first-order valence-corrected chi connectivity index (χ1v) is 10.4. The summed E-state index contributed by atoms with van der Waals surface area (Å²) in [5.74, 6) is 0.475. The molecule has 0 spiro atoms. The molecule has 0 radical (unpaired) electrons. The Labute approximate surface area is 172 Å². The molecule has 0 aliphatic heterocycles. The lowest BCUT2D eigenvalue weighted by Gasteiger charge is -2.16. The second kappa shape index (κ2) is 8.13. The van der Waals surface area contributed by atoms with Gasteiger partial charge in [0, 0.05) is 10.3 Å². The van der Waals surface area contributed by atoms with Gasteiger partial charge in [-0.1, -0.05) is 12.1 Å². The molecule has 0 fully saturated rings. The minimum absolute atomic E-state index is 0.0755. The molecule has 2 aromatic heterocycles. The molecule has 4 aromatic rings. The molecule has 1 atom stereocenters. The van der Waals surface area contributed by atoms with Gasteiger partial charge in [0.05, 0.1) is 22.9 Å². The lowest BCUT2D eigenvalue weighted by Crippen LogP contribution is -2.11. The first kappa shape index (κ1) is 19.3. The highest BCUT2D eigenvalue weighted by Crippen LogP contribution is 2.34. The number of nitrogens with one attached hydrogen (secondary N) is 1. The minimum atomic E-state index is -0.252. The molecule has 0 amide bonds. The Morgan fingerprint density at radius 3 is 2.45 bits per heavy atom. The van der Waals surface area contributed by atoms with Crippen molar-refractivity contribution in [3.63, 3.8) is 0 Å². The molecule has 0 aliphatic carbocycles. The standard InChI is InChI=1S/C22H20FN5S/c1-13-4-9-19(28-27-13)14(2)26-22-18-10-16(15-5-7-17(23)8-6-15)11-20(29-3)21(18)24-12-25-22/h4-12,14H,1-3H3,(H,24,25,26)/t14-/m1/s1. The van der Waals surface area contributed by atoms with Crippen molar-refractivity contribution in [2.45, 2.75) is 24.8 Å². The number of rotatable bonds is 5. The Morgan fingerprint density at radius 1 is 0.966 bits per heavy atom. The summed E-state index contributed by atoms with van der Waals surface area (Å²) in [5.41, 5.74) is 4.52. The predicted octanol–water partition coefficient (Wildman–Crippen LogP) is 5.43. The van der Waals surface area contributed by atoms with Crippen LogP contribution in [0.2, 0.25) is 0 Å². The van der Waals surface area contributed by atoms with E-state index >= 15 is 0 Å². The van der Waals surface area contributed by atoms with Crippen LogP contribution >= 0.6 is 11.8 Å². The monoisotopic (exact) mass is 405 g/mol. The summed E-state index contributed by atoms with van der Waals surface area (Å²) in [5, 5.41) is 12.7. The number of nitrogens with zero attached hydrogens (tertiary/aromatic N) is 4. The van der Waals surface area contributed by atoms with Crippen LogP contribution in [0, 0.1) is 12.7 Å². The highest BCUT2D eigenvalue weighted by Gasteiger charge is 2.14. The maximum atomic E-state index is 13.3. The third-order valence-electron chi connectivity index (χ3n) is 4.72. The van der Waals surface area contributed by atoms with Crippen molar-refractivity contribution in [1.29, 1.82) is 0 Å². The van der Waals surface area contributed by atoms with E-state index in [0.717, 1.165) is 44.1 Å². The Morgan fingerprint density at radius 2 is 1.76 bits per heavy atom. The minimum Gasteiger partial charge on any atom is -0.361 e. The van der Waals surface area contributed by atoms with Gasteiger partial charge in [0.1, 0.15) is 18.0 Å². The van der Waals surface area contributed by atoms with Crippen molar-refractivity contribution in [3.05, 3.63) is 72.1 Å². The average Bonchev–Trinajstić information content (AvgIpc) is 2.74. The molecule has 0 aliphatic rings. The van der Waals surface area contributed by atoms with Crippen LogP contribution in [-0.2, 0) is 0 Å². The maximum Gasteiger partial charge on any atom is 0.137 e. The number of hydrogen-bond donors (Lipinski definition) is 1. The fourth-order valence-corrected chi connectivity index (χ4v) is 3.74. The number of aromatic nitrogens is 4. The van der Waals surface area contributed by atoms with E-state index in [2.05, 4.69) is 31.5 Å². The third-order valence-corrected chi connectivity index (χ3v) is 5.47. The Kier molecular flexibility index (Phi) is 5.40. The normalized spacial score (nSPS) is 12.1. The van der Waals surface area contributed by atoms with Gasteiger partial charge in [0.15, 0.2) is 0 Å². The Hall–Kier alpha value is -3.06. The van der Waals surface area contributed by atoms with Gasteiger partial charge in [0.2, 0.25) is 0 Å². The van der Waals surface area contributed by atoms with E-state index in [1.807, 2.05) is 38.3 Å². The van der Waals surface area contributed by atoms with Gasteiger partial charge in [-0.25, -0.2) is 14.4 Å². The summed E-state index contributed by atoms with van der Waals surface area (Å²) in [6.45, 7) is 3.93. The van der Waals surface area contributed by atoms with Crippen LogP contribution in [0.1, 0.15) is 24.4 Å². The van der Waals surface area contributed by atoms with Crippen molar-refractivity contribution >= 4 is 28.5 Å². The fourth-order valence-electron chi connectivity index (χ4n) is 3.13. The van der Waals surface area contributed by atoms with Crippen LogP contribution in [-0.4, -0.2) is 26.4 Å². The third kappa shape index (κ3) is 4.05. The molecule has 5 nitrogen and oxygen atoms in total. The van der Waals surface area contributed by atoms with Gasteiger partial charge in [-0.05, 0) is 67.6 Å². The van der Waals surface area contributed by atoms with Gasteiger partial charge in [-0.2, -0.15) is 10.2 Å². The zero-order chi connectivity index (χ0) is 20.4. The number of fused-ring (bicyclic) bond motifs is 1. The SMILES string of the molecule is CSc1cc(-c2ccc(F)cc2)cc2c(N[C@H](C)c3ccc(C)nn3)ncnc12. The molecule has 0 bridgehead atoms. The lowest BCUT2D eigenvalue weighted by atomic mass is 10.0. The van der Waals surface area contributed by atoms with Crippen molar-refractivity contribution < 1.29 is 4.39 Å². The van der Waals surface area contributed by atoms with Crippen molar-refractivity contribution in [1.82, 2.24) is 20.2 Å². The largest absolute Gasteiger partial charge is 0.361 e. The molecule has 1 N–H and O–H groups in total. The summed E-state index contributed by atoms with van der Waals surface area (Å²) in [7, 11) is 0. The van der Waals surface area contributed by atoms with E-state index < -0.39 is 0 Å². The zero-order valence-corrected chi connectivity index (χ0v) is 17.2. The molecule has 0 saturated carbocycles. The lowest BCUT2D eigenvalue weighted by molar-refractivity contribution is 0.628. The highest BCUT2D eigenvalue weighted by atomic mass is 32.2. The quantitative estimate of drug-likeness (QED) is 0.447. The van der Waals surface area contributed by atoms with E-state index in [0.29, 0.717) is 0 Å². The van der Waals surface area contributed by atoms with E-state index in [1.54, 1.807) is 30.2 Å². The van der Waals surface area contributed by atoms with Crippen LogP contribution in [0.15, 0.2) is 59.8 Å². The topological polar surface area (TPSA) is 63.6 Å². The zero-order valence-electron chi connectivity index (χ0n) is 16.3. The smallest absolute Gasteiger partial charge is 0.137 e. The van der Waals surface area contributed by atoms with Crippen molar-refractivity contribution in [2.75, 3.05) is 11.6 Å². The molecule has 29 heavy (non-hydrogen) atoms. The maximum absolute atomic E-state index is 13.3. The van der Waals surface area contributed by atoms with Crippen LogP contribution in [0.3, 0.4) is 0 Å². The second-order valence-corrected chi connectivity index (χ2v) is 7.62. The van der Waals surface area contributed by atoms with Crippen molar-refractivity contribution in [2.24, 2.45) is 0 Å². The van der Waals surface area contributed by atoms with E-state index in [-0.39, 0.29) is 11.9 Å². The van der Waals surface area contributed by atoms with Gasteiger partial charge in [-0.3, -0.25) is 0 Å². The van der Waals surface area contributed by atoms with Gasteiger partial charge in [-0.15, -0.1) is 11.8 Å². The predicted molar refractivity (Wildman–Crippen MR) is 116 cm³/mol. The molecule has 0 saturated heterocycles. The molecule has 0 unspecified atom stereocenters. The van der Waals surface area contributed by atoms with E-state index in [1.165, 1.54) is 12.1 Å². The molecule has 146 valence electrons. The van der Waals surface area contributed by atoms with Crippen LogP contribution in [0.5, 0.6) is 0 Å². The summed E-state index contributed by atoms with van der Waals surface area (Å²) < 4.78 is 13.3. The summed E-state index contributed by atoms with van der Waals surface area (Å²) in [4.78, 5) is 10.0. The molecule has 2 heterocycles. The number of thioether (sulfide) groups is 1. The second-order valence-electron chi connectivity index (χ2n) is 6.77. The highest BCUT2D eigenvalue weighted by molar-refractivity contribution is 7.98. The van der Waals surface area contributed by atoms with Crippen LogP contribution < -0.4 is 5.32 Å². The number of aryl methyl sites for hydroxylation is 1. The summed E-state index contributed by atoms with van der Waals surface area (Å²) >= 11 is 1.62. The summed E-state index contributed by atoms with van der Waals surface area (Å²) in [6, 6.07) is 14.4. The van der Waals surface area contributed by atoms with Crippen LogP contribution in [0.25, 0.3) is 22.0 Å². The Balaban J connectivity index is 1.78. The van der Waals surface area contributed by atoms with Gasteiger partial charge < -0.3 is 5.32 Å². The molecular formula is C22H20FN5S. The molecule has 4 rings (SSSR count). The first-order valence-electron chi connectivity index (χ1n) is 9.20. The van der Waals surface area contributed by atoms with Crippen LogP contribution in [0.4, 0.5) is 10.2 Å². The number of benzene rings is 2. The molecule has 2 aromatic carbocycles. The number of halogens is 1. The number of anilines is 1. The van der Waals surface area contributed by atoms with Gasteiger partial charge >= 0.3 is 0 Å². The summed E-state index contributed by atoms with van der Waals surface area (Å²) in [6.07, 6.45) is 3.58.